The molecule has 0 spiro atoms. The Morgan fingerprint density at radius 2 is 2.33 bits per heavy atom. The van der Waals surface area contributed by atoms with Crippen molar-refractivity contribution in [3.63, 3.8) is 0 Å². The van der Waals surface area contributed by atoms with E-state index in [-0.39, 0.29) is 11.5 Å². The fourth-order valence-corrected chi connectivity index (χ4v) is 0.743. The molecule has 0 aromatic carbocycles. The van der Waals surface area contributed by atoms with Gasteiger partial charge in [0.15, 0.2) is 0 Å². The van der Waals surface area contributed by atoms with E-state index in [9.17, 15) is 4.79 Å². The molecule has 1 rings (SSSR count). The van der Waals surface area contributed by atoms with E-state index in [0.717, 1.165) is 0 Å². The van der Waals surface area contributed by atoms with E-state index in [4.69, 9.17) is 14.6 Å². The van der Waals surface area contributed by atoms with Crippen molar-refractivity contribution in [3.8, 4) is 0 Å². The molecule has 1 aromatic rings. The third-order valence-electron chi connectivity index (χ3n) is 1.35. The summed E-state index contributed by atoms with van der Waals surface area (Å²) in [4.78, 5) is 10.3. The second-order valence-electron chi connectivity index (χ2n) is 2.19. The topological polar surface area (TPSA) is 70.7 Å². The highest BCUT2D eigenvalue weighted by molar-refractivity contribution is 5.84. The molecule has 4 nitrogen and oxygen atoms in total. The van der Waals surface area contributed by atoms with Crippen molar-refractivity contribution in [1.82, 2.24) is 0 Å². The quantitative estimate of drug-likeness (QED) is 0.665. The number of carboxylic acid groups (broad SMARTS) is 1. The molecule has 0 saturated heterocycles. The molecule has 1 heterocycles. The van der Waals surface area contributed by atoms with Gasteiger partial charge in [-0.2, -0.15) is 0 Å². The lowest BCUT2D eigenvalue weighted by Crippen LogP contribution is -1.93. The zero-order valence-corrected chi connectivity index (χ0v) is 6.23. The molecule has 0 fully saturated rings. The number of carbonyl (C=O) groups is 1. The number of rotatable bonds is 3. The van der Waals surface area contributed by atoms with Crippen molar-refractivity contribution in [3.05, 3.63) is 36.3 Å². The third-order valence-corrected chi connectivity index (χ3v) is 1.35. The lowest BCUT2D eigenvalue weighted by atomic mass is 10.3. The monoisotopic (exact) mass is 168 g/mol. The Bertz CT molecular complexity index is 300. The van der Waals surface area contributed by atoms with Crippen LogP contribution in [0.5, 0.6) is 0 Å². The summed E-state index contributed by atoms with van der Waals surface area (Å²) < 4.78 is 4.78. The normalized spacial score (nSPS) is 12.4. The van der Waals surface area contributed by atoms with Crippen molar-refractivity contribution in [2.24, 2.45) is 0 Å². The molecule has 1 unspecified atom stereocenters. The molecule has 0 aliphatic carbocycles. The number of aliphatic hydroxyl groups is 1. The van der Waals surface area contributed by atoms with Crippen LogP contribution in [0.3, 0.4) is 0 Å². The molecule has 2 N–H and O–H groups in total. The average molecular weight is 168 g/mol. The smallest absolute Gasteiger partial charge is 0.371 e. The first kappa shape index (κ1) is 8.55. The summed E-state index contributed by atoms with van der Waals surface area (Å²) in [5.41, 5.74) is 0. The van der Waals surface area contributed by atoms with Crippen molar-refractivity contribution in [2.75, 3.05) is 0 Å². The van der Waals surface area contributed by atoms with Crippen molar-refractivity contribution in [1.29, 1.82) is 0 Å². The first-order chi connectivity index (χ1) is 5.65. The first-order valence-electron chi connectivity index (χ1n) is 3.29. The molecule has 0 bridgehead atoms. The van der Waals surface area contributed by atoms with Gasteiger partial charge in [0.25, 0.3) is 0 Å². The Labute approximate surface area is 68.7 Å². The molecule has 0 aliphatic rings. The first-order valence-corrected chi connectivity index (χ1v) is 3.29. The number of hydrogen-bond donors (Lipinski definition) is 2. The Hall–Kier alpha value is -1.55. The zero-order chi connectivity index (χ0) is 9.14. The maximum atomic E-state index is 10.3. The van der Waals surface area contributed by atoms with Gasteiger partial charge < -0.3 is 14.6 Å². The summed E-state index contributed by atoms with van der Waals surface area (Å²) >= 11 is 0. The minimum absolute atomic E-state index is 0.183. The third kappa shape index (κ3) is 1.54. The van der Waals surface area contributed by atoms with Crippen LogP contribution >= 0.6 is 0 Å². The van der Waals surface area contributed by atoms with Gasteiger partial charge in [-0.1, -0.05) is 6.08 Å². The Morgan fingerprint density at radius 1 is 1.67 bits per heavy atom. The number of aromatic carboxylic acids is 1. The van der Waals surface area contributed by atoms with E-state index in [1.807, 2.05) is 0 Å². The van der Waals surface area contributed by atoms with Crippen molar-refractivity contribution in [2.45, 2.75) is 6.10 Å². The van der Waals surface area contributed by atoms with Crippen LogP contribution < -0.4 is 0 Å². The van der Waals surface area contributed by atoms with Crippen molar-refractivity contribution >= 4 is 5.97 Å². The minimum Gasteiger partial charge on any atom is -0.475 e. The maximum Gasteiger partial charge on any atom is 0.371 e. The highest BCUT2D eigenvalue weighted by Crippen LogP contribution is 2.16. The van der Waals surface area contributed by atoms with E-state index >= 15 is 0 Å². The van der Waals surface area contributed by atoms with Gasteiger partial charge in [0.2, 0.25) is 5.76 Å². The summed E-state index contributed by atoms with van der Waals surface area (Å²) in [5, 5.41) is 17.6. The molecule has 0 saturated carbocycles. The fraction of sp³-hybridized carbons (Fsp3) is 0.125. The molecule has 0 amide bonds. The standard InChI is InChI=1S/C8H8O4/c1-2-5(9)6-3-4-7(12-6)8(10)11/h2-5,9H,1H2,(H,10,11). The van der Waals surface area contributed by atoms with Gasteiger partial charge in [-0.15, -0.1) is 6.58 Å². The van der Waals surface area contributed by atoms with Crippen LogP contribution in [-0.2, 0) is 0 Å². The summed E-state index contributed by atoms with van der Waals surface area (Å²) in [7, 11) is 0. The highest BCUT2D eigenvalue weighted by atomic mass is 16.4. The Balaban J connectivity index is 2.91. The maximum absolute atomic E-state index is 10.3. The van der Waals surface area contributed by atoms with E-state index in [1.54, 1.807) is 0 Å². The Kier molecular flexibility index (Phi) is 2.30. The molecule has 0 aliphatic heterocycles. The molecule has 1 aromatic heterocycles. The predicted octanol–water partition coefficient (Wildman–Crippen LogP) is 1.20. The van der Waals surface area contributed by atoms with E-state index in [1.165, 1.54) is 18.2 Å². The van der Waals surface area contributed by atoms with Gasteiger partial charge in [-0.3, -0.25) is 0 Å². The summed E-state index contributed by atoms with van der Waals surface area (Å²) in [5.74, 6) is -1.16. The van der Waals surface area contributed by atoms with Crippen LogP contribution in [0.15, 0.2) is 29.2 Å². The van der Waals surface area contributed by atoms with Gasteiger partial charge in [0.1, 0.15) is 11.9 Å². The van der Waals surface area contributed by atoms with Gasteiger partial charge in [0, 0.05) is 0 Å². The molecule has 1 atom stereocenters. The second-order valence-corrected chi connectivity index (χ2v) is 2.19. The molecule has 64 valence electrons. The Morgan fingerprint density at radius 3 is 2.75 bits per heavy atom. The average Bonchev–Trinajstić information content (AvgIpc) is 2.51. The van der Waals surface area contributed by atoms with Gasteiger partial charge >= 0.3 is 5.97 Å². The van der Waals surface area contributed by atoms with Crippen LogP contribution in [-0.4, -0.2) is 16.2 Å². The number of hydrogen-bond acceptors (Lipinski definition) is 3. The number of carboxylic acids is 1. The lowest BCUT2D eigenvalue weighted by molar-refractivity contribution is 0.0655. The van der Waals surface area contributed by atoms with Gasteiger partial charge in [0.05, 0.1) is 0 Å². The molecule has 4 heteroatoms. The van der Waals surface area contributed by atoms with Crippen LogP contribution in [0.25, 0.3) is 0 Å². The predicted molar refractivity (Wildman–Crippen MR) is 40.8 cm³/mol. The molecule has 12 heavy (non-hydrogen) atoms. The van der Waals surface area contributed by atoms with Crippen LogP contribution in [0, 0.1) is 0 Å². The largest absolute Gasteiger partial charge is 0.475 e. The van der Waals surface area contributed by atoms with Crippen LogP contribution in [0.2, 0.25) is 0 Å². The van der Waals surface area contributed by atoms with Crippen LogP contribution in [0.4, 0.5) is 0 Å². The zero-order valence-electron chi connectivity index (χ0n) is 6.23. The van der Waals surface area contributed by atoms with E-state index in [2.05, 4.69) is 6.58 Å². The molecule has 0 radical (unpaired) electrons. The number of aliphatic hydroxyl groups excluding tert-OH is 1. The SMILES string of the molecule is C=CC(O)c1ccc(C(=O)O)o1. The fourth-order valence-electron chi connectivity index (χ4n) is 0.743. The summed E-state index contributed by atoms with van der Waals surface area (Å²) in [6.07, 6.45) is 0.308. The van der Waals surface area contributed by atoms with Gasteiger partial charge in [-0.05, 0) is 12.1 Å². The van der Waals surface area contributed by atoms with Crippen molar-refractivity contribution < 1.29 is 19.4 Å². The second kappa shape index (κ2) is 3.23. The lowest BCUT2D eigenvalue weighted by Gasteiger charge is -1.97. The summed E-state index contributed by atoms with van der Waals surface area (Å²) in [6, 6.07) is 2.68. The van der Waals surface area contributed by atoms with Crippen LogP contribution in [0.1, 0.15) is 22.4 Å². The number of furan rings is 1. The molecular formula is C8H8O4. The van der Waals surface area contributed by atoms with Gasteiger partial charge in [-0.25, -0.2) is 4.79 Å². The summed E-state index contributed by atoms with van der Waals surface area (Å²) in [6.45, 7) is 3.33. The molecular weight excluding hydrogens is 160 g/mol. The highest BCUT2D eigenvalue weighted by Gasteiger charge is 2.12. The van der Waals surface area contributed by atoms with E-state index in [0.29, 0.717) is 0 Å². The van der Waals surface area contributed by atoms with E-state index < -0.39 is 12.1 Å². The minimum atomic E-state index is -1.16.